The lowest BCUT2D eigenvalue weighted by molar-refractivity contribution is -0.120. The second-order valence-corrected chi connectivity index (χ2v) is 6.58. The zero-order valence-electron chi connectivity index (χ0n) is 15.2. The van der Waals surface area contributed by atoms with E-state index in [9.17, 15) is 4.79 Å². The highest BCUT2D eigenvalue weighted by Crippen LogP contribution is 2.22. The van der Waals surface area contributed by atoms with Gasteiger partial charge in [0.25, 0.3) is 0 Å². The highest BCUT2D eigenvalue weighted by Gasteiger charge is 2.08. The summed E-state index contributed by atoms with van der Waals surface area (Å²) in [4.78, 5) is 12.1. The maximum atomic E-state index is 12.1. The standard InChI is InChI=1S/C20H23ClN2O3/c1-14(2)13-26-19-7-5-4-6-15(19)12-22-23-20(24)11-16-10-17(25-3)8-9-18(16)21/h4-10,12,14H,11,13H2,1-3H3,(H,23,24)/b22-12+. The molecule has 1 N–H and O–H groups in total. The Labute approximate surface area is 159 Å². The zero-order chi connectivity index (χ0) is 18.9. The third-order valence-electron chi connectivity index (χ3n) is 3.49. The van der Waals surface area contributed by atoms with Gasteiger partial charge >= 0.3 is 0 Å². The molecule has 138 valence electrons. The second-order valence-electron chi connectivity index (χ2n) is 6.17. The third-order valence-corrected chi connectivity index (χ3v) is 3.86. The van der Waals surface area contributed by atoms with Crippen molar-refractivity contribution in [2.75, 3.05) is 13.7 Å². The van der Waals surface area contributed by atoms with Crippen molar-refractivity contribution in [1.82, 2.24) is 5.43 Å². The Hall–Kier alpha value is -2.53. The average Bonchev–Trinajstić information content (AvgIpc) is 2.62. The first kappa shape index (κ1) is 19.8. The lowest BCUT2D eigenvalue weighted by Crippen LogP contribution is -2.20. The molecule has 0 aromatic heterocycles. The van der Waals surface area contributed by atoms with Crippen molar-refractivity contribution < 1.29 is 14.3 Å². The summed E-state index contributed by atoms with van der Waals surface area (Å²) in [5, 5.41) is 4.53. The first-order chi connectivity index (χ1) is 12.5. The van der Waals surface area contributed by atoms with Crippen LogP contribution >= 0.6 is 11.6 Å². The number of benzene rings is 2. The predicted octanol–water partition coefficient (Wildman–Crippen LogP) is 4.08. The van der Waals surface area contributed by atoms with Gasteiger partial charge in [-0.05, 0) is 41.8 Å². The summed E-state index contributed by atoms with van der Waals surface area (Å²) >= 11 is 6.12. The maximum absolute atomic E-state index is 12.1. The fraction of sp³-hybridized carbons (Fsp3) is 0.300. The molecule has 5 nitrogen and oxygen atoms in total. The van der Waals surface area contributed by atoms with E-state index in [1.165, 1.54) is 0 Å². The van der Waals surface area contributed by atoms with Crippen molar-refractivity contribution >= 4 is 23.7 Å². The lowest BCUT2D eigenvalue weighted by atomic mass is 10.1. The average molecular weight is 375 g/mol. The van der Waals surface area contributed by atoms with E-state index in [0.717, 1.165) is 11.3 Å². The summed E-state index contributed by atoms with van der Waals surface area (Å²) in [5.41, 5.74) is 3.99. The minimum atomic E-state index is -0.267. The van der Waals surface area contributed by atoms with Crippen LogP contribution < -0.4 is 14.9 Å². The van der Waals surface area contributed by atoms with Gasteiger partial charge in [0, 0.05) is 10.6 Å². The van der Waals surface area contributed by atoms with Gasteiger partial charge in [0.1, 0.15) is 11.5 Å². The van der Waals surface area contributed by atoms with Crippen LogP contribution in [0.3, 0.4) is 0 Å². The van der Waals surface area contributed by atoms with Gasteiger partial charge in [-0.3, -0.25) is 4.79 Å². The SMILES string of the molecule is COc1ccc(Cl)c(CC(=O)N/N=C/c2ccccc2OCC(C)C)c1. The van der Waals surface area contributed by atoms with Crippen LogP contribution in [0.15, 0.2) is 47.6 Å². The molecule has 0 bridgehead atoms. The largest absolute Gasteiger partial charge is 0.497 e. The number of rotatable bonds is 8. The molecule has 2 aromatic carbocycles. The summed E-state index contributed by atoms with van der Waals surface area (Å²) in [6.07, 6.45) is 1.68. The van der Waals surface area contributed by atoms with Gasteiger partial charge in [0.2, 0.25) is 5.91 Å². The number of amides is 1. The minimum Gasteiger partial charge on any atom is -0.497 e. The van der Waals surface area contributed by atoms with E-state index in [1.54, 1.807) is 31.5 Å². The Morgan fingerprint density at radius 3 is 2.77 bits per heavy atom. The van der Waals surface area contributed by atoms with Crippen molar-refractivity contribution in [3.8, 4) is 11.5 Å². The molecule has 1 amide bonds. The van der Waals surface area contributed by atoms with Crippen LogP contribution in [0.5, 0.6) is 11.5 Å². The lowest BCUT2D eigenvalue weighted by Gasteiger charge is -2.10. The molecule has 0 unspecified atom stereocenters. The number of carbonyl (C=O) groups excluding carboxylic acids is 1. The number of methoxy groups -OCH3 is 1. The highest BCUT2D eigenvalue weighted by molar-refractivity contribution is 6.31. The molecule has 0 atom stereocenters. The van der Waals surface area contributed by atoms with Crippen molar-refractivity contribution in [1.29, 1.82) is 0 Å². The number of halogens is 1. The van der Waals surface area contributed by atoms with E-state index < -0.39 is 0 Å². The van der Waals surface area contributed by atoms with Crippen LogP contribution in [0.2, 0.25) is 5.02 Å². The molecule has 0 heterocycles. The first-order valence-corrected chi connectivity index (χ1v) is 8.73. The number of nitrogens with one attached hydrogen (secondary N) is 1. The number of hydrogen-bond acceptors (Lipinski definition) is 4. The molecule has 26 heavy (non-hydrogen) atoms. The fourth-order valence-corrected chi connectivity index (χ4v) is 2.36. The van der Waals surface area contributed by atoms with Gasteiger partial charge in [-0.1, -0.05) is 37.6 Å². The van der Waals surface area contributed by atoms with E-state index in [0.29, 0.717) is 28.9 Å². The molecule has 0 aliphatic heterocycles. The van der Waals surface area contributed by atoms with Crippen LogP contribution in [0, 0.1) is 5.92 Å². The number of ether oxygens (including phenoxy) is 2. The van der Waals surface area contributed by atoms with Crippen LogP contribution in [0.25, 0.3) is 0 Å². The number of para-hydroxylation sites is 1. The predicted molar refractivity (Wildman–Crippen MR) is 104 cm³/mol. The van der Waals surface area contributed by atoms with Crippen LogP contribution in [0.4, 0.5) is 0 Å². The smallest absolute Gasteiger partial charge is 0.244 e. The van der Waals surface area contributed by atoms with E-state index in [2.05, 4.69) is 24.4 Å². The summed E-state index contributed by atoms with van der Waals surface area (Å²) in [7, 11) is 1.57. The topological polar surface area (TPSA) is 59.9 Å². The van der Waals surface area contributed by atoms with E-state index in [4.69, 9.17) is 21.1 Å². The third kappa shape index (κ3) is 6.08. The van der Waals surface area contributed by atoms with Crippen molar-refractivity contribution in [2.24, 2.45) is 11.0 Å². The summed E-state index contributed by atoms with van der Waals surface area (Å²) in [6, 6.07) is 12.7. The molecule has 6 heteroatoms. The Kier molecular flexibility index (Phi) is 7.48. The zero-order valence-corrected chi connectivity index (χ0v) is 15.9. The van der Waals surface area contributed by atoms with Gasteiger partial charge in [-0.25, -0.2) is 5.43 Å². The molecule has 0 spiro atoms. The fourth-order valence-electron chi connectivity index (χ4n) is 2.17. The Morgan fingerprint density at radius 2 is 2.04 bits per heavy atom. The monoisotopic (exact) mass is 374 g/mol. The molecular weight excluding hydrogens is 352 g/mol. The number of nitrogens with zero attached hydrogens (tertiary/aromatic N) is 1. The normalized spacial score (nSPS) is 11.0. The van der Waals surface area contributed by atoms with Gasteiger partial charge in [-0.15, -0.1) is 0 Å². The molecule has 0 aliphatic carbocycles. The maximum Gasteiger partial charge on any atom is 0.244 e. The highest BCUT2D eigenvalue weighted by atomic mass is 35.5. The molecule has 0 saturated heterocycles. The van der Waals surface area contributed by atoms with Crippen molar-refractivity contribution in [2.45, 2.75) is 20.3 Å². The van der Waals surface area contributed by atoms with Crippen LogP contribution in [-0.4, -0.2) is 25.8 Å². The van der Waals surface area contributed by atoms with Gasteiger partial charge in [0.15, 0.2) is 0 Å². The molecule has 0 saturated carbocycles. The van der Waals surface area contributed by atoms with Crippen molar-refractivity contribution in [3.05, 3.63) is 58.6 Å². The second kappa shape index (κ2) is 9.82. The number of hydrogen-bond donors (Lipinski definition) is 1. The molecule has 0 fully saturated rings. The summed E-state index contributed by atoms with van der Waals surface area (Å²) < 4.78 is 10.9. The van der Waals surface area contributed by atoms with Crippen LogP contribution in [0.1, 0.15) is 25.0 Å². The molecule has 2 rings (SSSR count). The Morgan fingerprint density at radius 1 is 1.27 bits per heavy atom. The van der Waals surface area contributed by atoms with Gasteiger partial charge < -0.3 is 9.47 Å². The Balaban J connectivity index is 1.97. The Bertz CT molecular complexity index is 775. The first-order valence-electron chi connectivity index (χ1n) is 8.35. The molecule has 0 radical (unpaired) electrons. The van der Waals surface area contributed by atoms with E-state index in [1.807, 2.05) is 24.3 Å². The van der Waals surface area contributed by atoms with Crippen LogP contribution in [-0.2, 0) is 11.2 Å². The van der Waals surface area contributed by atoms with E-state index >= 15 is 0 Å². The quantitative estimate of drug-likeness (QED) is 0.559. The van der Waals surface area contributed by atoms with Crippen molar-refractivity contribution in [3.63, 3.8) is 0 Å². The molecule has 2 aromatic rings. The molecular formula is C20H23ClN2O3. The number of hydrazone groups is 1. The summed E-state index contributed by atoms with van der Waals surface area (Å²) in [6.45, 7) is 4.78. The summed E-state index contributed by atoms with van der Waals surface area (Å²) in [5.74, 6) is 1.54. The number of carbonyl (C=O) groups is 1. The van der Waals surface area contributed by atoms with Gasteiger partial charge in [-0.2, -0.15) is 5.10 Å². The van der Waals surface area contributed by atoms with Gasteiger partial charge in [0.05, 0.1) is 26.4 Å². The van der Waals surface area contributed by atoms with E-state index in [-0.39, 0.29) is 12.3 Å². The minimum absolute atomic E-state index is 0.110. The molecule has 0 aliphatic rings.